The maximum atomic E-state index is 12.6. The molecule has 4 aromatic rings. The summed E-state index contributed by atoms with van der Waals surface area (Å²) in [5, 5.41) is 11.1. The first-order valence-electron chi connectivity index (χ1n) is 8.54. The zero-order valence-electron chi connectivity index (χ0n) is 15.0. The van der Waals surface area contributed by atoms with Gasteiger partial charge in [-0.2, -0.15) is 5.10 Å². The van der Waals surface area contributed by atoms with E-state index >= 15 is 0 Å². The van der Waals surface area contributed by atoms with Crippen LogP contribution < -0.4 is 5.32 Å². The predicted octanol–water partition coefficient (Wildman–Crippen LogP) is 4.74. The molecular weight excluding hydrogens is 324 g/mol. The molecule has 3 N–H and O–H groups in total. The lowest BCUT2D eigenvalue weighted by Crippen LogP contribution is -2.12. The first kappa shape index (κ1) is 16.1. The van der Waals surface area contributed by atoms with Gasteiger partial charge in [-0.1, -0.05) is 30.3 Å². The molecule has 4 rings (SSSR count). The second-order valence-electron chi connectivity index (χ2n) is 6.59. The van der Waals surface area contributed by atoms with Crippen molar-refractivity contribution in [2.24, 2.45) is 0 Å². The van der Waals surface area contributed by atoms with Gasteiger partial charge >= 0.3 is 0 Å². The summed E-state index contributed by atoms with van der Waals surface area (Å²) in [7, 11) is 0. The fraction of sp³-hybridized carbons (Fsp3) is 0.143. The highest BCUT2D eigenvalue weighted by atomic mass is 16.1. The van der Waals surface area contributed by atoms with Crippen LogP contribution in [0.5, 0.6) is 0 Å². The Morgan fingerprint density at radius 3 is 2.62 bits per heavy atom. The van der Waals surface area contributed by atoms with Crippen molar-refractivity contribution in [3.8, 4) is 11.3 Å². The van der Waals surface area contributed by atoms with Gasteiger partial charge in [0.2, 0.25) is 0 Å². The molecule has 5 nitrogen and oxygen atoms in total. The van der Waals surface area contributed by atoms with Gasteiger partial charge in [-0.25, -0.2) is 0 Å². The Labute approximate surface area is 151 Å². The van der Waals surface area contributed by atoms with Gasteiger partial charge in [0, 0.05) is 22.5 Å². The topological polar surface area (TPSA) is 73.6 Å². The van der Waals surface area contributed by atoms with Gasteiger partial charge in [0.25, 0.3) is 5.91 Å². The summed E-state index contributed by atoms with van der Waals surface area (Å²) in [5.41, 5.74) is 6.96. The van der Waals surface area contributed by atoms with Crippen molar-refractivity contribution in [1.29, 1.82) is 0 Å². The summed E-state index contributed by atoms with van der Waals surface area (Å²) >= 11 is 0. The number of aromatic nitrogens is 3. The van der Waals surface area contributed by atoms with E-state index in [-0.39, 0.29) is 5.91 Å². The smallest absolute Gasteiger partial charge is 0.273 e. The number of hydrogen-bond donors (Lipinski definition) is 3. The zero-order chi connectivity index (χ0) is 18.3. The van der Waals surface area contributed by atoms with Crippen molar-refractivity contribution in [2.45, 2.75) is 20.8 Å². The number of rotatable bonds is 3. The molecule has 0 saturated heterocycles. The molecule has 0 aliphatic carbocycles. The van der Waals surface area contributed by atoms with Crippen molar-refractivity contribution in [3.63, 3.8) is 0 Å². The van der Waals surface area contributed by atoms with Gasteiger partial charge in [-0.15, -0.1) is 0 Å². The van der Waals surface area contributed by atoms with Crippen molar-refractivity contribution >= 4 is 22.6 Å². The second kappa shape index (κ2) is 6.19. The molecule has 5 heteroatoms. The van der Waals surface area contributed by atoms with Gasteiger partial charge in [-0.3, -0.25) is 9.89 Å². The number of aryl methyl sites for hydroxylation is 3. The summed E-state index contributed by atoms with van der Waals surface area (Å²) in [4.78, 5) is 15.8. The van der Waals surface area contributed by atoms with Crippen molar-refractivity contribution in [1.82, 2.24) is 15.2 Å². The quantitative estimate of drug-likeness (QED) is 0.502. The summed E-state index contributed by atoms with van der Waals surface area (Å²) in [6.45, 7) is 6.18. The molecule has 1 amide bonds. The summed E-state index contributed by atoms with van der Waals surface area (Å²) in [6, 6.07) is 15.8. The number of carbonyl (C=O) groups excluding carboxylic acids is 1. The molecule has 2 aromatic heterocycles. The Bertz CT molecular complexity index is 1120. The summed E-state index contributed by atoms with van der Waals surface area (Å²) in [6.07, 6.45) is 0. The van der Waals surface area contributed by atoms with E-state index in [2.05, 4.69) is 40.4 Å². The fourth-order valence-corrected chi connectivity index (χ4v) is 3.16. The molecule has 26 heavy (non-hydrogen) atoms. The van der Waals surface area contributed by atoms with Crippen molar-refractivity contribution < 1.29 is 4.79 Å². The Morgan fingerprint density at radius 1 is 1.00 bits per heavy atom. The van der Waals surface area contributed by atoms with Crippen LogP contribution in [0.2, 0.25) is 0 Å². The lowest BCUT2D eigenvalue weighted by molar-refractivity contribution is 0.102. The highest BCUT2D eigenvalue weighted by Gasteiger charge is 2.14. The monoisotopic (exact) mass is 344 g/mol. The third-order valence-electron chi connectivity index (χ3n) is 4.84. The third kappa shape index (κ3) is 2.77. The van der Waals surface area contributed by atoms with Crippen molar-refractivity contribution in [3.05, 3.63) is 70.9 Å². The first-order valence-corrected chi connectivity index (χ1v) is 8.54. The number of nitrogens with one attached hydrogen (secondary N) is 3. The fourth-order valence-electron chi connectivity index (χ4n) is 3.16. The van der Waals surface area contributed by atoms with E-state index in [1.807, 2.05) is 49.4 Å². The summed E-state index contributed by atoms with van der Waals surface area (Å²) < 4.78 is 0. The molecule has 0 unspecified atom stereocenters. The minimum absolute atomic E-state index is 0.207. The molecule has 0 radical (unpaired) electrons. The maximum Gasteiger partial charge on any atom is 0.273 e. The van der Waals surface area contributed by atoms with E-state index in [4.69, 9.17) is 0 Å². The van der Waals surface area contributed by atoms with Crippen LogP contribution >= 0.6 is 0 Å². The van der Waals surface area contributed by atoms with E-state index in [1.54, 1.807) is 0 Å². The number of aromatic amines is 2. The van der Waals surface area contributed by atoms with E-state index in [1.165, 1.54) is 11.1 Å². The van der Waals surface area contributed by atoms with E-state index < -0.39 is 0 Å². The predicted molar refractivity (Wildman–Crippen MR) is 104 cm³/mol. The average Bonchev–Trinajstić information content (AvgIpc) is 3.26. The molecule has 0 spiro atoms. The molecule has 0 bridgehead atoms. The molecule has 2 heterocycles. The second-order valence-corrected chi connectivity index (χ2v) is 6.59. The minimum Gasteiger partial charge on any atom is -0.351 e. The standard InChI is InChI=1S/C21H20N4O/c1-12-8-9-17-16(14(12)3)10-19(22-17)21(26)23-20-11-18(24-25-20)15-7-5-4-6-13(15)2/h4-11,22H,1-3H3,(H2,23,24,25,26). The number of H-pyrrole nitrogens is 2. The lowest BCUT2D eigenvalue weighted by Gasteiger charge is -2.01. The van der Waals surface area contributed by atoms with Gasteiger partial charge in [0.05, 0.1) is 5.69 Å². The van der Waals surface area contributed by atoms with Gasteiger partial charge < -0.3 is 10.3 Å². The Balaban J connectivity index is 1.59. The molecule has 0 aliphatic rings. The first-order chi connectivity index (χ1) is 12.5. The zero-order valence-corrected chi connectivity index (χ0v) is 15.0. The molecule has 0 aliphatic heterocycles. The number of fused-ring (bicyclic) bond motifs is 1. The largest absolute Gasteiger partial charge is 0.351 e. The van der Waals surface area contributed by atoms with E-state index in [0.29, 0.717) is 11.5 Å². The van der Waals surface area contributed by atoms with Crippen LogP contribution in [0.25, 0.3) is 22.2 Å². The average molecular weight is 344 g/mol. The van der Waals surface area contributed by atoms with Crippen LogP contribution in [-0.2, 0) is 0 Å². The Hall–Kier alpha value is -3.34. The SMILES string of the molecule is Cc1ccccc1-c1cc(NC(=O)c2cc3c(C)c(C)ccc3[nH]2)n[nH]1. The highest BCUT2D eigenvalue weighted by Crippen LogP contribution is 2.25. The lowest BCUT2D eigenvalue weighted by atomic mass is 10.1. The molecule has 130 valence electrons. The molecule has 0 fully saturated rings. The molecule has 0 atom stereocenters. The number of hydrogen-bond acceptors (Lipinski definition) is 2. The van der Waals surface area contributed by atoms with Crippen LogP contribution in [0.3, 0.4) is 0 Å². The minimum atomic E-state index is -0.207. The van der Waals surface area contributed by atoms with Crippen LogP contribution in [-0.4, -0.2) is 21.1 Å². The van der Waals surface area contributed by atoms with E-state index in [0.717, 1.165) is 27.7 Å². The number of nitrogens with zero attached hydrogens (tertiary/aromatic N) is 1. The third-order valence-corrected chi connectivity index (χ3v) is 4.84. The maximum absolute atomic E-state index is 12.6. The Morgan fingerprint density at radius 2 is 1.81 bits per heavy atom. The summed E-state index contributed by atoms with van der Waals surface area (Å²) in [5.74, 6) is 0.292. The van der Waals surface area contributed by atoms with Crippen LogP contribution in [0.15, 0.2) is 48.5 Å². The number of anilines is 1. The van der Waals surface area contributed by atoms with Gasteiger partial charge in [0.1, 0.15) is 5.69 Å². The van der Waals surface area contributed by atoms with Gasteiger partial charge in [-0.05, 0) is 49.6 Å². The molecule has 2 aromatic carbocycles. The van der Waals surface area contributed by atoms with Crippen molar-refractivity contribution in [2.75, 3.05) is 5.32 Å². The highest BCUT2D eigenvalue weighted by molar-refractivity contribution is 6.06. The van der Waals surface area contributed by atoms with Crippen LogP contribution in [0, 0.1) is 20.8 Å². The molecule has 0 saturated carbocycles. The molecular formula is C21H20N4O. The Kier molecular flexibility index (Phi) is 3.84. The number of carbonyl (C=O) groups is 1. The van der Waals surface area contributed by atoms with Crippen LogP contribution in [0.1, 0.15) is 27.2 Å². The van der Waals surface area contributed by atoms with Crippen LogP contribution in [0.4, 0.5) is 5.82 Å². The normalized spacial score (nSPS) is 11.0. The van der Waals surface area contributed by atoms with Gasteiger partial charge in [0.15, 0.2) is 5.82 Å². The van der Waals surface area contributed by atoms with E-state index in [9.17, 15) is 4.79 Å². The number of benzene rings is 2. The number of amides is 1.